The number of nitrogens with zero attached hydrogens (tertiary/aromatic N) is 3. The molecule has 0 aromatic heterocycles. The van der Waals surface area contributed by atoms with Crippen LogP contribution in [0.2, 0.25) is 0 Å². The third kappa shape index (κ3) is 3.71. The molecule has 0 bridgehead atoms. The van der Waals surface area contributed by atoms with Crippen LogP contribution >= 0.6 is 0 Å². The van der Waals surface area contributed by atoms with Crippen LogP contribution in [0, 0.1) is 17.2 Å². The van der Waals surface area contributed by atoms with Gasteiger partial charge in [0, 0.05) is 19.1 Å². The first-order valence-electron chi connectivity index (χ1n) is 6.45. The number of carbonyl (C=O) groups excluding carboxylic acids is 1. The number of hydrogen-bond donors (Lipinski definition) is 0. The molecular weight excluding hydrogens is 214 g/mol. The van der Waals surface area contributed by atoms with Gasteiger partial charge in [-0.3, -0.25) is 4.79 Å². The minimum atomic E-state index is -0.442. The molecule has 0 spiro atoms. The van der Waals surface area contributed by atoms with E-state index in [0.29, 0.717) is 12.5 Å². The molecular formula is C13H23N3O. The topological polar surface area (TPSA) is 47.3 Å². The van der Waals surface area contributed by atoms with E-state index in [9.17, 15) is 4.79 Å². The molecule has 1 saturated heterocycles. The molecule has 1 aliphatic rings. The fourth-order valence-electron chi connectivity index (χ4n) is 2.47. The zero-order valence-corrected chi connectivity index (χ0v) is 11.1. The summed E-state index contributed by atoms with van der Waals surface area (Å²) in [6, 6.07) is 2.45. The van der Waals surface area contributed by atoms with Crippen LogP contribution in [-0.2, 0) is 4.79 Å². The second-order valence-corrected chi connectivity index (χ2v) is 5.06. The first-order chi connectivity index (χ1) is 8.10. The lowest BCUT2D eigenvalue weighted by molar-refractivity contribution is -0.135. The van der Waals surface area contributed by atoms with Gasteiger partial charge in [0.2, 0.25) is 5.91 Å². The molecule has 0 radical (unpaired) electrons. The minimum absolute atomic E-state index is 0.0405. The molecule has 2 atom stereocenters. The third-order valence-corrected chi connectivity index (χ3v) is 3.27. The maximum Gasteiger partial charge on any atom is 0.240 e. The standard InChI is InChI=1S/C13H23N3O/c1-4-6-11(9-14)13(17)16-8-5-7-12(16)10-15(2)3/h11-12H,4-8,10H2,1-3H3. The molecule has 1 fully saturated rings. The molecule has 17 heavy (non-hydrogen) atoms. The molecule has 96 valence electrons. The van der Waals surface area contributed by atoms with Crippen molar-refractivity contribution in [2.24, 2.45) is 5.92 Å². The maximum atomic E-state index is 12.2. The average Bonchev–Trinajstić information content (AvgIpc) is 2.72. The molecule has 1 rings (SSSR count). The highest BCUT2D eigenvalue weighted by Crippen LogP contribution is 2.21. The molecule has 0 aliphatic carbocycles. The van der Waals surface area contributed by atoms with Gasteiger partial charge in [0.1, 0.15) is 5.92 Å². The second-order valence-electron chi connectivity index (χ2n) is 5.06. The number of likely N-dealkylation sites (N-methyl/N-ethyl adjacent to an activating group) is 1. The Bertz CT molecular complexity index is 296. The van der Waals surface area contributed by atoms with Gasteiger partial charge in [0.05, 0.1) is 6.07 Å². The van der Waals surface area contributed by atoms with Gasteiger partial charge < -0.3 is 9.80 Å². The molecule has 2 unspecified atom stereocenters. The Morgan fingerprint density at radius 3 is 2.82 bits per heavy atom. The average molecular weight is 237 g/mol. The van der Waals surface area contributed by atoms with E-state index in [1.807, 2.05) is 25.9 Å². The number of rotatable bonds is 5. The van der Waals surface area contributed by atoms with Crippen LogP contribution in [0.3, 0.4) is 0 Å². The van der Waals surface area contributed by atoms with E-state index >= 15 is 0 Å². The van der Waals surface area contributed by atoms with Gasteiger partial charge >= 0.3 is 0 Å². The van der Waals surface area contributed by atoms with Gasteiger partial charge in [0.25, 0.3) is 0 Å². The van der Waals surface area contributed by atoms with Crippen molar-refractivity contribution in [2.75, 3.05) is 27.2 Å². The normalized spacial score (nSPS) is 21.6. The van der Waals surface area contributed by atoms with Gasteiger partial charge in [-0.2, -0.15) is 5.26 Å². The van der Waals surface area contributed by atoms with E-state index in [4.69, 9.17) is 5.26 Å². The Hall–Kier alpha value is -1.08. The number of amides is 1. The molecule has 0 N–H and O–H groups in total. The van der Waals surface area contributed by atoms with Gasteiger partial charge in [-0.15, -0.1) is 0 Å². The molecule has 1 aliphatic heterocycles. The molecule has 0 aromatic carbocycles. The molecule has 0 aromatic rings. The van der Waals surface area contributed by atoms with Crippen molar-refractivity contribution in [1.82, 2.24) is 9.80 Å². The summed E-state index contributed by atoms with van der Waals surface area (Å²) in [6.07, 6.45) is 3.69. The zero-order valence-electron chi connectivity index (χ0n) is 11.1. The predicted octanol–water partition coefficient (Wildman–Crippen LogP) is 1.48. The summed E-state index contributed by atoms with van der Waals surface area (Å²) in [7, 11) is 4.05. The van der Waals surface area contributed by atoms with Crippen molar-refractivity contribution in [3.63, 3.8) is 0 Å². The third-order valence-electron chi connectivity index (χ3n) is 3.27. The lowest BCUT2D eigenvalue weighted by Crippen LogP contribution is -2.43. The molecule has 4 nitrogen and oxygen atoms in total. The minimum Gasteiger partial charge on any atom is -0.337 e. The Morgan fingerprint density at radius 2 is 2.29 bits per heavy atom. The summed E-state index contributed by atoms with van der Waals surface area (Å²) in [4.78, 5) is 16.3. The van der Waals surface area contributed by atoms with Crippen molar-refractivity contribution in [2.45, 2.75) is 38.6 Å². The highest BCUT2D eigenvalue weighted by molar-refractivity contribution is 5.81. The Kier molecular flexibility index (Phi) is 5.43. The van der Waals surface area contributed by atoms with Gasteiger partial charge in [-0.25, -0.2) is 0 Å². The van der Waals surface area contributed by atoms with E-state index in [-0.39, 0.29) is 5.91 Å². The van der Waals surface area contributed by atoms with E-state index < -0.39 is 5.92 Å². The van der Waals surface area contributed by atoms with E-state index in [2.05, 4.69) is 11.0 Å². The second kappa shape index (κ2) is 6.61. The smallest absolute Gasteiger partial charge is 0.240 e. The molecule has 0 saturated carbocycles. The summed E-state index contributed by atoms with van der Waals surface area (Å²) >= 11 is 0. The Labute approximate surface area is 104 Å². The van der Waals surface area contributed by atoms with Crippen LogP contribution in [0.4, 0.5) is 0 Å². The SMILES string of the molecule is CCCC(C#N)C(=O)N1CCCC1CN(C)C. The summed E-state index contributed by atoms with van der Waals surface area (Å²) in [5.74, 6) is -0.401. The summed E-state index contributed by atoms with van der Waals surface area (Å²) < 4.78 is 0. The highest BCUT2D eigenvalue weighted by atomic mass is 16.2. The first kappa shape index (κ1) is 14.0. The summed E-state index contributed by atoms with van der Waals surface area (Å²) in [5.41, 5.74) is 0. The fraction of sp³-hybridized carbons (Fsp3) is 0.846. The van der Waals surface area contributed by atoms with Crippen molar-refractivity contribution in [3.8, 4) is 6.07 Å². The quantitative estimate of drug-likeness (QED) is 0.727. The summed E-state index contributed by atoms with van der Waals surface area (Å²) in [5, 5.41) is 9.05. The fourth-order valence-corrected chi connectivity index (χ4v) is 2.47. The van der Waals surface area contributed by atoms with E-state index in [1.54, 1.807) is 0 Å². The molecule has 1 amide bonds. The Balaban J connectivity index is 2.63. The van der Waals surface area contributed by atoms with Crippen molar-refractivity contribution in [1.29, 1.82) is 5.26 Å². The van der Waals surface area contributed by atoms with Crippen LogP contribution in [0.5, 0.6) is 0 Å². The number of nitriles is 1. The first-order valence-corrected chi connectivity index (χ1v) is 6.45. The number of carbonyl (C=O) groups is 1. The van der Waals surface area contributed by atoms with Crippen LogP contribution < -0.4 is 0 Å². The lowest BCUT2D eigenvalue weighted by Gasteiger charge is -2.28. The highest BCUT2D eigenvalue weighted by Gasteiger charge is 2.32. The van der Waals surface area contributed by atoms with E-state index in [1.165, 1.54) is 0 Å². The van der Waals surface area contributed by atoms with Gasteiger partial charge in [-0.1, -0.05) is 13.3 Å². The number of hydrogen-bond acceptors (Lipinski definition) is 3. The lowest BCUT2D eigenvalue weighted by atomic mass is 10.0. The van der Waals surface area contributed by atoms with E-state index in [0.717, 1.165) is 32.4 Å². The monoisotopic (exact) mass is 237 g/mol. The van der Waals surface area contributed by atoms with Gasteiger partial charge in [0.15, 0.2) is 0 Å². The van der Waals surface area contributed by atoms with Crippen molar-refractivity contribution < 1.29 is 4.79 Å². The van der Waals surface area contributed by atoms with Crippen LogP contribution in [-0.4, -0.2) is 48.9 Å². The molecule has 1 heterocycles. The zero-order chi connectivity index (χ0) is 12.8. The van der Waals surface area contributed by atoms with Crippen molar-refractivity contribution in [3.05, 3.63) is 0 Å². The largest absolute Gasteiger partial charge is 0.337 e. The maximum absolute atomic E-state index is 12.2. The number of likely N-dealkylation sites (tertiary alicyclic amines) is 1. The van der Waals surface area contributed by atoms with Crippen molar-refractivity contribution >= 4 is 5.91 Å². The van der Waals surface area contributed by atoms with Gasteiger partial charge in [-0.05, 0) is 33.4 Å². The van der Waals surface area contributed by atoms with Crippen LogP contribution in [0.1, 0.15) is 32.6 Å². The predicted molar refractivity (Wildman–Crippen MR) is 67.3 cm³/mol. The van der Waals surface area contributed by atoms with Crippen LogP contribution in [0.15, 0.2) is 0 Å². The molecule has 4 heteroatoms. The van der Waals surface area contributed by atoms with Crippen LogP contribution in [0.25, 0.3) is 0 Å². The Morgan fingerprint density at radius 1 is 1.59 bits per heavy atom. The summed E-state index contributed by atoms with van der Waals surface area (Å²) in [6.45, 7) is 3.73.